The number of aryl methyl sites for hydroxylation is 2. The lowest BCUT2D eigenvalue weighted by Crippen LogP contribution is -2.33. The fraction of sp³-hybridized carbons (Fsp3) is 0.533. The minimum atomic E-state index is -0.466. The van der Waals surface area contributed by atoms with Crippen LogP contribution in [0.4, 0.5) is 10.5 Å². The lowest BCUT2D eigenvalue weighted by atomic mass is 10.1. The summed E-state index contributed by atoms with van der Waals surface area (Å²) in [4.78, 5) is 15.7. The minimum absolute atomic E-state index is 0.385. The first kappa shape index (κ1) is 16.3. The quantitative estimate of drug-likeness (QED) is 0.641. The number of aromatic nitrogens is 1. The van der Waals surface area contributed by atoms with Gasteiger partial charge >= 0.3 is 6.09 Å². The first-order chi connectivity index (χ1) is 9.31. The topological polar surface area (TPSA) is 63.2 Å². The molecule has 5 heteroatoms. The third-order valence-corrected chi connectivity index (χ3v) is 2.61. The van der Waals surface area contributed by atoms with E-state index in [9.17, 15) is 4.79 Å². The van der Waals surface area contributed by atoms with E-state index in [1.54, 1.807) is 0 Å². The molecule has 1 aromatic rings. The Bertz CT molecular complexity index is 453. The first-order valence-corrected chi connectivity index (χ1v) is 6.71. The highest BCUT2D eigenvalue weighted by Crippen LogP contribution is 2.14. The Morgan fingerprint density at radius 1 is 1.45 bits per heavy atom. The van der Waals surface area contributed by atoms with Gasteiger partial charge in [-0.2, -0.15) is 0 Å². The van der Waals surface area contributed by atoms with Gasteiger partial charge in [-0.3, -0.25) is 4.98 Å². The Kier molecular flexibility index (Phi) is 5.80. The SMILES string of the molecule is [CH]Nc1cc(CCCNC(=O)OC(C)(C)C)cnc1C. The Morgan fingerprint density at radius 3 is 2.75 bits per heavy atom. The second-order valence-electron chi connectivity index (χ2n) is 5.65. The number of nitrogens with one attached hydrogen (secondary N) is 2. The fourth-order valence-corrected chi connectivity index (χ4v) is 1.66. The number of carbonyl (C=O) groups is 1. The predicted octanol–water partition coefficient (Wildman–Crippen LogP) is 2.93. The number of amides is 1. The highest BCUT2D eigenvalue weighted by Gasteiger charge is 2.15. The summed E-state index contributed by atoms with van der Waals surface area (Å²) in [6.07, 6.45) is 3.07. The minimum Gasteiger partial charge on any atom is -0.444 e. The largest absolute Gasteiger partial charge is 0.444 e. The van der Waals surface area contributed by atoms with Gasteiger partial charge in [-0.05, 0) is 52.2 Å². The van der Waals surface area contributed by atoms with Gasteiger partial charge in [0.25, 0.3) is 0 Å². The number of anilines is 1. The van der Waals surface area contributed by atoms with Gasteiger partial charge in [0.15, 0.2) is 0 Å². The molecule has 0 spiro atoms. The van der Waals surface area contributed by atoms with E-state index in [1.807, 2.05) is 40.0 Å². The summed E-state index contributed by atoms with van der Waals surface area (Å²) in [5, 5.41) is 5.35. The first-order valence-electron chi connectivity index (χ1n) is 6.71. The fourth-order valence-electron chi connectivity index (χ4n) is 1.66. The van der Waals surface area contributed by atoms with Crippen molar-refractivity contribution in [3.63, 3.8) is 0 Å². The molecule has 0 saturated carbocycles. The number of rotatable bonds is 5. The van der Waals surface area contributed by atoms with Crippen LogP contribution in [0.15, 0.2) is 12.3 Å². The number of nitrogens with zero attached hydrogens (tertiary/aromatic N) is 1. The molecular formula is C15H23N3O2. The van der Waals surface area contributed by atoms with E-state index in [1.165, 1.54) is 0 Å². The number of ether oxygens (including phenoxy) is 1. The summed E-state index contributed by atoms with van der Waals surface area (Å²) in [7, 11) is 5.41. The van der Waals surface area contributed by atoms with E-state index in [4.69, 9.17) is 11.8 Å². The Labute approximate surface area is 121 Å². The molecule has 1 heterocycles. The molecule has 2 radical (unpaired) electrons. The van der Waals surface area contributed by atoms with Crippen molar-refractivity contribution in [1.82, 2.24) is 10.3 Å². The molecule has 20 heavy (non-hydrogen) atoms. The van der Waals surface area contributed by atoms with E-state index in [-0.39, 0.29) is 6.09 Å². The van der Waals surface area contributed by atoms with E-state index >= 15 is 0 Å². The van der Waals surface area contributed by atoms with Crippen LogP contribution in [-0.4, -0.2) is 23.2 Å². The number of carbonyl (C=O) groups excluding carboxylic acids is 1. The van der Waals surface area contributed by atoms with Gasteiger partial charge in [-0.1, -0.05) is 0 Å². The van der Waals surface area contributed by atoms with E-state index in [2.05, 4.69) is 15.6 Å². The van der Waals surface area contributed by atoms with Crippen molar-refractivity contribution in [2.24, 2.45) is 0 Å². The van der Waals surface area contributed by atoms with E-state index in [0.717, 1.165) is 29.8 Å². The molecule has 0 aromatic carbocycles. The van der Waals surface area contributed by atoms with Gasteiger partial charge in [0.2, 0.25) is 0 Å². The second kappa shape index (κ2) is 7.12. The Balaban J connectivity index is 2.33. The van der Waals surface area contributed by atoms with Gasteiger partial charge in [0.05, 0.1) is 18.4 Å². The van der Waals surface area contributed by atoms with Crippen LogP contribution in [0.25, 0.3) is 0 Å². The maximum Gasteiger partial charge on any atom is 0.407 e. The zero-order valence-corrected chi connectivity index (χ0v) is 12.6. The summed E-state index contributed by atoms with van der Waals surface area (Å²) >= 11 is 0. The maximum absolute atomic E-state index is 11.4. The maximum atomic E-state index is 11.4. The van der Waals surface area contributed by atoms with Gasteiger partial charge in [-0.25, -0.2) is 4.79 Å². The van der Waals surface area contributed by atoms with Crippen molar-refractivity contribution in [1.29, 1.82) is 0 Å². The van der Waals surface area contributed by atoms with E-state index < -0.39 is 5.60 Å². The van der Waals surface area contributed by atoms with E-state index in [0.29, 0.717) is 6.54 Å². The van der Waals surface area contributed by atoms with Crippen LogP contribution in [0.2, 0.25) is 0 Å². The van der Waals surface area contributed by atoms with Crippen LogP contribution < -0.4 is 10.6 Å². The summed E-state index contributed by atoms with van der Waals surface area (Å²) < 4.78 is 5.15. The van der Waals surface area contributed by atoms with Crippen molar-refractivity contribution >= 4 is 11.8 Å². The normalized spacial score (nSPS) is 11.1. The summed E-state index contributed by atoms with van der Waals surface area (Å²) in [5.74, 6) is 0. The van der Waals surface area contributed by atoms with Crippen LogP contribution in [0.3, 0.4) is 0 Å². The van der Waals surface area contributed by atoms with Crippen LogP contribution in [0, 0.1) is 14.0 Å². The molecule has 0 aliphatic rings. The molecule has 0 atom stereocenters. The predicted molar refractivity (Wildman–Crippen MR) is 79.5 cm³/mol. The highest BCUT2D eigenvalue weighted by atomic mass is 16.6. The van der Waals surface area contributed by atoms with Crippen LogP contribution in [0.1, 0.15) is 38.4 Å². The summed E-state index contributed by atoms with van der Waals surface area (Å²) in [5.41, 5.74) is 2.30. The molecule has 0 aliphatic heterocycles. The van der Waals surface area contributed by atoms with Gasteiger partial charge in [0.1, 0.15) is 5.60 Å². The molecule has 1 rings (SSSR count). The van der Waals surface area contributed by atoms with Crippen molar-refractivity contribution < 1.29 is 9.53 Å². The van der Waals surface area contributed by atoms with Gasteiger partial charge in [-0.15, -0.1) is 0 Å². The lowest BCUT2D eigenvalue weighted by Gasteiger charge is -2.19. The smallest absolute Gasteiger partial charge is 0.407 e. The Morgan fingerprint density at radius 2 is 2.15 bits per heavy atom. The zero-order valence-electron chi connectivity index (χ0n) is 12.6. The number of alkyl carbamates (subject to hydrolysis) is 1. The summed E-state index contributed by atoms with van der Waals surface area (Å²) in [6.45, 7) is 7.97. The van der Waals surface area contributed by atoms with Crippen LogP contribution >= 0.6 is 0 Å². The highest BCUT2D eigenvalue weighted by molar-refractivity contribution is 5.67. The lowest BCUT2D eigenvalue weighted by molar-refractivity contribution is 0.0527. The molecule has 0 unspecified atom stereocenters. The third kappa shape index (κ3) is 5.91. The van der Waals surface area contributed by atoms with Crippen molar-refractivity contribution in [3.05, 3.63) is 30.6 Å². The molecule has 1 aromatic heterocycles. The Hall–Kier alpha value is -1.78. The molecule has 5 nitrogen and oxygen atoms in total. The molecular weight excluding hydrogens is 254 g/mol. The average molecular weight is 277 g/mol. The molecule has 0 bridgehead atoms. The monoisotopic (exact) mass is 277 g/mol. The second-order valence-corrected chi connectivity index (χ2v) is 5.65. The molecule has 0 aliphatic carbocycles. The standard InChI is InChI=1S/C15H23N3O2/c1-11-13(16-5)9-12(10-18-11)7-6-8-17-14(19)20-15(2,3)4/h5,9-10,16H,6-8H2,1-4H3,(H,17,19). The number of hydrogen-bond acceptors (Lipinski definition) is 4. The van der Waals surface area contributed by atoms with Crippen molar-refractivity contribution in [2.45, 2.75) is 46.1 Å². The third-order valence-electron chi connectivity index (χ3n) is 2.61. The number of pyridine rings is 1. The van der Waals surface area contributed by atoms with Gasteiger partial charge < -0.3 is 15.4 Å². The van der Waals surface area contributed by atoms with Gasteiger partial charge in [0, 0.05) is 12.7 Å². The summed E-state index contributed by atoms with van der Waals surface area (Å²) in [6, 6.07) is 1.97. The zero-order chi connectivity index (χ0) is 15.2. The van der Waals surface area contributed by atoms with Crippen molar-refractivity contribution in [2.75, 3.05) is 11.9 Å². The molecule has 0 saturated heterocycles. The average Bonchev–Trinajstić information content (AvgIpc) is 2.34. The molecule has 0 fully saturated rings. The molecule has 110 valence electrons. The molecule has 2 N–H and O–H groups in total. The van der Waals surface area contributed by atoms with Crippen LogP contribution in [-0.2, 0) is 11.2 Å². The molecule has 1 amide bonds. The van der Waals surface area contributed by atoms with Crippen LogP contribution in [0.5, 0.6) is 0 Å². The number of hydrogen-bond donors (Lipinski definition) is 2. The van der Waals surface area contributed by atoms with Crippen molar-refractivity contribution in [3.8, 4) is 0 Å².